The number of rotatable bonds is 2. The molecule has 0 radical (unpaired) electrons. The van der Waals surface area contributed by atoms with Gasteiger partial charge in [0.2, 0.25) is 11.8 Å². The maximum Gasteiger partial charge on any atom is 0.238 e. The van der Waals surface area contributed by atoms with E-state index in [1.165, 1.54) is 0 Å². The third-order valence-corrected chi connectivity index (χ3v) is 2.06. The molecule has 16 heavy (non-hydrogen) atoms. The van der Waals surface area contributed by atoms with E-state index in [0.717, 1.165) is 5.82 Å². The molecule has 0 bridgehead atoms. The van der Waals surface area contributed by atoms with Crippen molar-refractivity contribution in [3.63, 3.8) is 0 Å². The van der Waals surface area contributed by atoms with Gasteiger partial charge in [-0.2, -0.15) is 0 Å². The molecule has 0 amide bonds. The van der Waals surface area contributed by atoms with Gasteiger partial charge in [0.15, 0.2) is 5.82 Å². The maximum absolute atomic E-state index is 5.29. The van der Waals surface area contributed by atoms with Crippen molar-refractivity contribution in [2.24, 2.45) is 0 Å². The first-order valence-electron chi connectivity index (χ1n) is 5.02. The lowest BCUT2D eigenvalue weighted by atomic mass is 9.96. The van der Waals surface area contributed by atoms with Crippen molar-refractivity contribution in [1.82, 2.24) is 30.4 Å². The van der Waals surface area contributed by atoms with Crippen LogP contribution in [0.25, 0.3) is 0 Å². The summed E-state index contributed by atoms with van der Waals surface area (Å²) in [4.78, 5) is 0. The van der Waals surface area contributed by atoms with Crippen LogP contribution in [0.5, 0.6) is 0 Å². The molecule has 2 aromatic rings. The fraction of sp³-hybridized carbons (Fsp3) is 0.667. The molecule has 0 N–H and O–H groups in total. The van der Waals surface area contributed by atoms with E-state index in [4.69, 9.17) is 4.42 Å². The lowest BCUT2D eigenvalue weighted by molar-refractivity contribution is 0.419. The number of hydrogen-bond acceptors (Lipinski definition) is 6. The van der Waals surface area contributed by atoms with Crippen LogP contribution in [0.2, 0.25) is 0 Å². The first-order chi connectivity index (χ1) is 7.47. The third kappa shape index (κ3) is 2.07. The lowest BCUT2D eigenvalue weighted by Gasteiger charge is -2.16. The van der Waals surface area contributed by atoms with Gasteiger partial charge in [-0.05, 0) is 10.4 Å². The van der Waals surface area contributed by atoms with Gasteiger partial charge in [-0.3, -0.25) is 0 Å². The molecule has 2 heterocycles. The molecule has 0 unspecified atom stereocenters. The zero-order valence-corrected chi connectivity index (χ0v) is 9.80. The Kier molecular flexibility index (Phi) is 2.45. The summed E-state index contributed by atoms with van der Waals surface area (Å²) in [7, 11) is 0. The monoisotopic (exact) mass is 222 g/mol. The van der Waals surface area contributed by atoms with Crippen molar-refractivity contribution in [3.8, 4) is 0 Å². The molecule has 0 aliphatic rings. The summed E-state index contributed by atoms with van der Waals surface area (Å²) in [6.07, 6.45) is 0. The van der Waals surface area contributed by atoms with Crippen LogP contribution in [0.1, 0.15) is 38.4 Å². The van der Waals surface area contributed by atoms with Gasteiger partial charge in [0.05, 0.1) is 0 Å². The largest absolute Gasteiger partial charge is 0.424 e. The molecule has 0 aliphatic heterocycles. The van der Waals surface area contributed by atoms with Crippen molar-refractivity contribution in [2.75, 3.05) is 0 Å². The molecular weight excluding hydrogens is 208 g/mol. The molecule has 0 fully saturated rings. The van der Waals surface area contributed by atoms with E-state index < -0.39 is 0 Å². The smallest absolute Gasteiger partial charge is 0.238 e. The summed E-state index contributed by atoms with van der Waals surface area (Å²) in [6.45, 7) is 8.30. The maximum atomic E-state index is 5.29. The minimum absolute atomic E-state index is 0.113. The van der Waals surface area contributed by atoms with Gasteiger partial charge in [0, 0.05) is 12.3 Å². The molecule has 7 heteroatoms. The molecule has 0 spiro atoms. The number of nitrogens with zero attached hydrogens (tertiary/aromatic N) is 6. The summed E-state index contributed by atoms with van der Waals surface area (Å²) >= 11 is 0. The Morgan fingerprint density at radius 3 is 2.50 bits per heavy atom. The molecule has 0 saturated heterocycles. The predicted molar refractivity (Wildman–Crippen MR) is 54.7 cm³/mol. The second kappa shape index (κ2) is 3.66. The number of aryl methyl sites for hydroxylation is 1. The summed E-state index contributed by atoms with van der Waals surface area (Å²) in [5.74, 6) is 1.85. The number of tetrazole rings is 1. The van der Waals surface area contributed by atoms with Crippen LogP contribution in [0.4, 0.5) is 0 Å². The Morgan fingerprint density at radius 2 is 1.94 bits per heavy atom. The molecule has 2 rings (SSSR count). The van der Waals surface area contributed by atoms with Crippen LogP contribution in [-0.2, 0) is 12.0 Å². The van der Waals surface area contributed by atoms with Crippen LogP contribution in [0.15, 0.2) is 4.42 Å². The van der Waals surface area contributed by atoms with Gasteiger partial charge in [-0.25, -0.2) is 4.68 Å². The van der Waals surface area contributed by atoms with E-state index in [-0.39, 0.29) is 5.41 Å². The first kappa shape index (κ1) is 10.7. The highest BCUT2D eigenvalue weighted by Gasteiger charge is 2.22. The second-order valence-electron chi connectivity index (χ2n) is 4.62. The first-order valence-corrected chi connectivity index (χ1v) is 5.02. The number of hydrogen-bond donors (Lipinski definition) is 0. The van der Waals surface area contributed by atoms with E-state index in [9.17, 15) is 0 Å². The van der Waals surface area contributed by atoms with Gasteiger partial charge in [-0.1, -0.05) is 20.8 Å². The van der Waals surface area contributed by atoms with Crippen molar-refractivity contribution in [3.05, 3.63) is 17.6 Å². The highest BCUT2D eigenvalue weighted by atomic mass is 16.4. The van der Waals surface area contributed by atoms with Gasteiger partial charge in [0.25, 0.3) is 0 Å². The summed E-state index contributed by atoms with van der Waals surface area (Å²) in [6, 6.07) is 0. The van der Waals surface area contributed by atoms with E-state index in [1.807, 2.05) is 20.8 Å². The fourth-order valence-electron chi connectivity index (χ4n) is 1.38. The van der Waals surface area contributed by atoms with E-state index >= 15 is 0 Å². The predicted octanol–water partition coefficient (Wildman–Crippen LogP) is 0.710. The van der Waals surface area contributed by atoms with Crippen LogP contribution >= 0.6 is 0 Å². The van der Waals surface area contributed by atoms with Gasteiger partial charge >= 0.3 is 0 Å². The lowest BCUT2D eigenvalue weighted by Crippen LogP contribution is -2.20. The molecule has 7 nitrogen and oxygen atoms in total. The second-order valence-corrected chi connectivity index (χ2v) is 4.62. The topological polar surface area (TPSA) is 82.5 Å². The fourth-order valence-corrected chi connectivity index (χ4v) is 1.38. The summed E-state index contributed by atoms with van der Waals surface area (Å²) in [5, 5.41) is 19.3. The minimum Gasteiger partial charge on any atom is -0.424 e. The summed E-state index contributed by atoms with van der Waals surface area (Å²) in [5.41, 5.74) is -0.113. The quantitative estimate of drug-likeness (QED) is 0.744. The zero-order chi connectivity index (χ0) is 11.8. The van der Waals surface area contributed by atoms with Crippen LogP contribution in [0, 0.1) is 6.92 Å². The Morgan fingerprint density at radius 1 is 1.19 bits per heavy atom. The van der Waals surface area contributed by atoms with E-state index in [0.29, 0.717) is 18.3 Å². The SMILES string of the molecule is Cc1nnc(Cn2nnnc2C(C)(C)C)o1. The van der Waals surface area contributed by atoms with Crippen molar-refractivity contribution in [2.45, 2.75) is 39.7 Å². The zero-order valence-electron chi connectivity index (χ0n) is 9.80. The van der Waals surface area contributed by atoms with E-state index in [1.54, 1.807) is 11.6 Å². The van der Waals surface area contributed by atoms with Crippen molar-refractivity contribution in [1.29, 1.82) is 0 Å². The van der Waals surface area contributed by atoms with Crippen molar-refractivity contribution < 1.29 is 4.42 Å². The van der Waals surface area contributed by atoms with Crippen LogP contribution in [-0.4, -0.2) is 30.4 Å². The molecule has 0 atom stereocenters. The molecule has 0 aliphatic carbocycles. The highest BCUT2D eigenvalue weighted by Crippen LogP contribution is 2.18. The van der Waals surface area contributed by atoms with Gasteiger partial charge in [-0.15, -0.1) is 15.3 Å². The molecular formula is C9H14N6O. The standard InChI is InChI=1S/C9H14N6O/c1-6-10-11-7(16-6)5-15-8(9(2,3)4)12-13-14-15/h5H2,1-4H3. The van der Waals surface area contributed by atoms with Gasteiger partial charge in [0.1, 0.15) is 6.54 Å². The van der Waals surface area contributed by atoms with Gasteiger partial charge < -0.3 is 4.42 Å². The third-order valence-electron chi connectivity index (χ3n) is 2.06. The summed E-state index contributed by atoms with van der Waals surface area (Å²) < 4.78 is 6.96. The Hall–Kier alpha value is -1.79. The molecule has 0 saturated carbocycles. The average molecular weight is 222 g/mol. The Bertz CT molecular complexity index is 480. The number of aromatic nitrogens is 6. The molecule has 2 aromatic heterocycles. The normalized spacial score (nSPS) is 12.0. The van der Waals surface area contributed by atoms with Crippen molar-refractivity contribution >= 4 is 0 Å². The van der Waals surface area contributed by atoms with E-state index in [2.05, 4.69) is 25.7 Å². The average Bonchev–Trinajstić information content (AvgIpc) is 2.74. The van der Waals surface area contributed by atoms with Crippen LogP contribution in [0.3, 0.4) is 0 Å². The molecule has 86 valence electrons. The highest BCUT2D eigenvalue weighted by molar-refractivity contribution is 5.00. The minimum atomic E-state index is -0.113. The Labute approximate surface area is 92.9 Å². The molecule has 0 aromatic carbocycles. The van der Waals surface area contributed by atoms with Crippen LogP contribution < -0.4 is 0 Å². The Balaban J connectivity index is 2.25.